The first-order chi connectivity index (χ1) is 55.0. The summed E-state index contributed by atoms with van der Waals surface area (Å²) in [5, 5.41) is 24.7. The molecule has 0 spiro atoms. The standard InChI is InChI=1S/C14H12Cl2.C11H15Cl2NO2S.C10H20Br2.C8H16Cl2O3.C7H7Cl2N.C5H8Cl2O3.C5H10I2.C4H8Br2O.C4H6Cl2.C4H8I2.C3H6Br2O.C2H4Br2/c15-9-11-1-5-13(6-2-11)14-7-3-12(10-16)4-8-14;1-10-2-4-11(5-3-10)17(15,16)14(8-6-12)9-7-13;11-9-7-5-3-1-2-4-6-8-10-12;9-1-3-11-5-7-13-8-6-12-4-2-10;8-4-6-2-1-3-7(5-9)10-6;6-1-3-9-5(8)10-4-2-7;6-4-2-1-3-5-7;5-2-1-4(7)3-6;1-4(2-5)3-6;5-3-1-2-4-6;4-1-3(6)2-5;3-1-2-4/h1-8H,9-10H2;2-5H,6-9H2,1H3;1-10H2;1-8H2;1-3H,4-5H2;1-4H2;1-5H2;4,7H,1-3H2;1-3H2;1-4H2;3,6H,1-2H2;1-2H2. The zero-order chi connectivity index (χ0) is 87.8. The lowest BCUT2D eigenvalue weighted by Crippen LogP contribution is -2.34. The van der Waals surface area contributed by atoms with Gasteiger partial charge in [0.1, 0.15) is 13.2 Å². The fraction of sp³-hybridized carbons (Fsp3) is 0.662. The molecule has 114 heavy (non-hydrogen) atoms. The number of alkyl halides is 24. The van der Waals surface area contributed by atoms with E-state index in [1.54, 1.807) is 24.3 Å². The van der Waals surface area contributed by atoms with Crippen LogP contribution in [0, 0.1) is 6.92 Å². The molecule has 2 N–H and O–H groups in total. The predicted molar refractivity (Wildman–Crippen MR) is 571 cm³/mol. The van der Waals surface area contributed by atoms with E-state index in [1.807, 2.05) is 25.1 Å². The minimum absolute atomic E-state index is 0.169. The van der Waals surface area contributed by atoms with Crippen LogP contribution in [0.3, 0.4) is 0 Å². The number of aliphatic hydroxyl groups excluding tert-OH is 2. The Balaban J connectivity index is -0.000000183. The fourth-order valence-corrected chi connectivity index (χ4v) is 14.9. The fourth-order valence-electron chi connectivity index (χ4n) is 6.67. The molecule has 1 heterocycles. The number of nitrogens with zero attached hydrogens (tertiary/aromatic N) is 2. The second kappa shape index (κ2) is 115. The third kappa shape index (κ3) is 105. The molecule has 1 aromatic heterocycles. The number of benzene rings is 3. The number of aromatic nitrogens is 1. The summed E-state index contributed by atoms with van der Waals surface area (Å²) in [6.07, 6.45) is 18.0. The van der Waals surface area contributed by atoms with Gasteiger partial charge in [-0.3, -0.25) is 4.98 Å². The van der Waals surface area contributed by atoms with E-state index in [9.17, 15) is 13.2 Å². The maximum Gasteiger partial charge on any atom is 0.508 e. The van der Waals surface area contributed by atoms with Gasteiger partial charge in [-0.25, -0.2) is 13.2 Å². The molecule has 672 valence electrons. The molecule has 0 aliphatic heterocycles. The van der Waals surface area contributed by atoms with Crippen molar-refractivity contribution in [1.29, 1.82) is 0 Å². The number of ether oxygens (including phenoxy) is 5. The summed E-state index contributed by atoms with van der Waals surface area (Å²) < 4.78 is 55.3. The first-order valence-corrected chi connectivity index (χ1v) is 59.1. The highest BCUT2D eigenvalue weighted by molar-refractivity contribution is 14.1. The van der Waals surface area contributed by atoms with Crippen LogP contribution in [0.4, 0.5) is 4.79 Å². The molecule has 0 amide bonds. The molecular weight excluding hydrogens is 2720 g/mol. The van der Waals surface area contributed by atoms with Crippen LogP contribution in [0.25, 0.3) is 11.1 Å². The van der Waals surface area contributed by atoms with Crippen LogP contribution < -0.4 is 0 Å². The van der Waals surface area contributed by atoms with E-state index in [0.29, 0.717) is 103 Å². The average molecular weight is 2840 g/mol. The quantitative estimate of drug-likeness (QED) is 0.0143. The zero-order valence-electron chi connectivity index (χ0n) is 65.0. The molecule has 12 nitrogen and oxygen atoms in total. The molecule has 1 atom stereocenters. The van der Waals surface area contributed by atoms with E-state index in [4.69, 9.17) is 164 Å². The second-order valence-electron chi connectivity index (χ2n) is 22.1. The van der Waals surface area contributed by atoms with Crippen LogP contribution in [-0.2, 0) is 57.2 Å². The molecule has 0 saturated carbocycles. The lowest BCUT2D eigenvalue weighted by atomic mass is 10.0. The van der Waals surface area contributed by atoms with Crippen molar-refractivity contribution in [2.24, 2.45) is 0 Å². The molecule has 0 aliphatic carbocycles. The van der Waals surface area contributed by atoms with Gasteiger partial charge in [0.05, 0.1) is 91.7 Å². The summed E-state index contributed by atoms with van der Waals surface area (Å²) in [5.74, 6) is 5.08. The summed E-state index contributed by atoms with van der Waals surface area (Å²) in [5.41, 5.74) is 8.33. The van der Waals surface area contributed by atoms with Crippen molar-refractivity contribution in [3.05, 3.63) is 131 Å². The monoisotopic (exact) mass is 2820 g/mol. The van der Waals surface area contributed by atoms with Gasteiger partial charge in [-0.2, -0.15) is 4.31 Å². The molecule has 0 radical (unpaired) electrons. The van der Waals surface area contributed by atoms with E-state index in [0.717, 1.165) is 56.1 Å². The topological polar surface area (TPSA) is 154 Å². The molecular formula is C77H120Br8Cl12I4N2O10S. The largest absolute Gasteiger partial charge is 0.508 e. The Kier molecular flexibility index (Phi) is 136. The average Bonchev–Trinajstić information content (AvgIpc) is 0.813. The normalized spacial score (nSPS) is 10.4. The number of pyridine rings is 1. The van der Waals surface area contributed by atoms with Crippen molar-refractivity contribution < 1.29 is 47.1 Å². The number of sulfonamides is 1. The van der Waals surface area contributed by atoms with Crippen molar-refractivity contribution in [1.82, 2.24) is 9.29 Å². The van der Waals surface area contributed by atoms with Gasteiger partial charge < -0.3 is 33.9 Å². The van der Waals surface area contributed by atoms with Crippen molar-refractivity contribution in [2.75, 3.05) is 173 Å². The summed E-state index contributed by atoms with van der Waals surface area (Å²) in [6.45, 7) is 9.81. The Morgan fingerprint density at radius 1 is 0.430 bits per heavy atom. The number of allylic oxidation sites excluding steroid dienone is 1. The number of aryl methyl sites for hydroxylation is 1. The highest BCUT2D eigenvalue weighted by Gasteiger charge is 2.23. The van der Waals surface area contributed by atoms with E-state index in [1.165, 1.54) is 127 Å². The molecule has 37 heteroatoms. The maximum absolute atomic E-state index is 12.2. The number of carbonyl (C=O) groups is 1. The highest BCUT2D eigenvalue weighted by Crippen LogP contribution is 2.22. The smallest absolute Gasteiger partial charge is 0.433 e. The number of halogens is 24. The number of hydrogen-bond acceptors (Lipinski definition) is 11. The predicted octanol–water partition coefficient (Wildman–Crippen LogP) is 30.0. The first-order valence-electron chi connectivity index (χ1n) is 36.2. The number of unbranched alkanes of at least 4 members (excludes halogenated alkanes) is 10. The summed E-state index contributed by atoms with van der Waals surface area (Å²) in [6, 6.07) is 29.0. The Hall–Kier alpha value is 5.77. The van der Waals surface area contributed by atoms with Gasteiger partial charge in [0.25, 0.3) is 0 Å². The van der Waals surface area contributed by atoms with Gasteiger partial charge in [0.15, 0.2) is 0 Å². The lowest BCUT2D eigenvalue weighted by molar-refractivity contribution is 0.0202. The zero-order valence-corrected chi connectivity index (χ0v) is 96.2. The Morgan fingerprint density at radius 3 is 1.02 bits per heavy atom. The minimum atomic E-state index is -3.48. The molecule has 1 unspecified atom stereocenters. The van der Waals surface area contributed by atoms with Gasteiger partial charge in [-0.15, -0.1) is 139 Å². The van der Waals surface area contributed by atoms with E-state index in [-0.39, 0.29) is 66.9 Å². The van der Waals surface area contributed by atoms with Crippen LogP contribution in [0.1, 0.15) is 118 Å². The number of hydrogen-bond donors (Lipinski definition) is 2. The van der Waals surface area contributed by atoms with E-state index >= 15 is 0 Å². The highest BCUT2D eigenvalue weighted by atomic mass is 127. The number of carbonyl (C=O) groups excluding carboxylic acids is 1. The Labute approximate surface area is 869 Å². The van der Waals surface area contributed by atoms with Gasteiger partial charge in [-0.05, 0) is 122 Å². The molecule has 0 saturated heterocycles. The van der Waals surface area contributed by atoms with Gasteiger partial charge in [0, 0.05) is 103 Å². The summed E-state index contributed by atoms with van der Waals surface area (Å²) in [4.78, 5) is 14.8. The van der Waals surface area contributed by atoms with Crippen molar-refractivity contribution in [3.8, 4) is 11.1 Å². The van der Waals surface area contributed by atoms with Gasteiger partial charge >= 0.3 is 6.16 Å². The SMILES string of the molecule is BrCCBr.BrCCCCCCCCCCBr.C=C(CCl)CCl.Cc1ccc(S(=O)(=O)N(CCCl)CCCl)cc1.ClCCOCCOCCOCCCl.ClCc1ccc(-c2ccc(CCl)cc2)cc1.ClCc1cccc(CCl)n1.ICCCCCI.ICCCCI.O=C(OCCCl)OCCCl.OC(CBr)CBr.OC(CBr)CCBr. The lowest BCUT2D eigenvalue weighted by Gasteiger charge is -2.20. The molecule has 4 rings (SSSR count). The molecule has 3 aromatic carbocycles. The van der Waals surface area contributed by atoms with Crippen molar-refractivity contribution in [3.63, 3.8) is 0 Å². The maximum atomic E-state index is 12.2. The summed E-state index contributed by atoms with van der Waals surface area (Å²) >= 11 is 101. The summed E-state index contributed by atoms with van der Waals surface area (Å²) in [7, 11) is -3.48. The Morgan fingerprint density at radius 2 is 0.763 bits per heavy atom. The van der Waals surface area contributed by atoms with Crippen LogP contribution in [0.15, 0.2) is 108 Å². The van der Waals surface area contributed by atoms with E-state index < -0.39 is 16.2 Å². The Bertz CT molecular complexity index is 2540. The van der Waals surface area contributed by atoms with Crippen LogP contribution in [0.5, 0.6) is 0 Å². The van der Waals surface area contributed by atoms with E-state index in [2.05, 4.69) is 287 Å². The molecule has 0 fully saturated rings. The number of rotatable bonds is 49. The number of aliphatic hydroxyl groups is 2. The van der Waals surface area contributed by atoms with Crippen molar-refractivity contribution in [2.45, 2.75) is 137 Å². The van der Waals surface area contributed by atoms with Crippen LogP contribution >= 0.6 is 357 Å². The molecule has 0 bridgehead atoms. The third-order valence-corrected chi connectivity index (χ3v) is 26.0. The van der Waals surface area contributed by atoms with Gasteiger partial charge in [0.2, 0.25) is 10.0 Å². The van der Waals surface area contributed by atoms with Crippen LogP contribution in [-0.4, -0.2) is 220 Å². The van der Waals surface area contributed by atoms with Crippen molar-refractivity contribution >= 4 is 373 Å². The third-order valence-electron chi connectivity index (χ3n) is 12.5. The van der Waals surface area contributed by atoms with Gasteiger partial charge in [-0.1, -0.05) is 342 Å². The minimum Gasteiger partial charge on any atom is -0.433 e. The molecule has 4 aromatic rings. The first kappa shape index (κ1) is 135. The molecule has 0 aliphatic rings. The second-order valence-corrected chi connectivity index (χ2v) is 38.1. The van der Waals surface area contributed by atoms with Crippen LogP contribution in [0.2, 0.25) is 0 Å².